The lowest BCUT2D eigenvalue weighted by atomic mass is 10.0. The molecule has 7 heteroatoms. The minimum atomic E-state index is -4.76. The van der Waals surface area contributed by atoms with Crippen LogP contribution in [0.3, 0.4) is 0 Å². The van der Waals surface area contributed by atoms with Crippen LogP contribution in [0.5, 0.6) is 0 Å². The molecule has 1 atom stereocenters. The Morgan fingerprint density at radius 1 is 1.46 bits per heavy atom. The van der Waals surface area contributed by atoms with E-state index in [1.54, 1.807) is 0 Å². The van der Waals surface area contributed by atoms with E-state index in [-0.39, 0.29) is 13.1 Å². The van der Waals surface area contributed by atoms with E-state index in [1.807, 2.05) is 5.32 Å². The first kappa shape index (κ1) is 12.2. The third kappa shape index (κ3) is 2.85. The van der Waals surface area contributed by atoms with Crippen LogP contribution in [0.15, 0.2) is 0 Å². The molecule has 1 amide bonds. The van der Waals surface area contributed by atoms with Crippen LogP contribution in [0.4, 0.5) is 13.2 Å². The van der Waals surface area contributed by atoms with Gasteiger partial charge in [-0.1, -0.05) is 0 Å². The van der Waals surface area contributed by atoms with Gasteiger partial charge in [0.25, 0.3) is 0 Å². The summed E-state index contributed by atoms with van der Waals surface area (Å²) in [4.78, 5) is 10.9. The van der Waals surface area contributed by atoms with Crippen LogP contribution >= 0.6 is 0 Å². The van der Waals surface area contributed by atoms with Gasteiger partial charge >= 0.3 is 6.18 Å². The van der Waals surface area contributed by atoms with Crippen molar-refractivity contribution in [2.45, 2.75) is 18.6 Å². The number of carbonyl (C=O) groups is 1. The molecule has 0 aliphatic rings. The van der Waals surface area contributed by atoms with E-state index < -0.39 is 17.6 Å². The smallest absolute Gasteiger partial charge is 0.353 e. The van der Waals surface area contributed by atoms with Gasteiger partial charge in [0.05, 0.1) is 0 Å². The van der Waals surface area contributed by atoms with Gasteiger partial charge in [-0.05, 0) is 6.92 Å². The first-order valence-corrected chi connectivity index (χ1v) is 3.57. The maximum absolute atomic E-state index is 12.1. The summed E-state index contributed by atoms with van der Waals surface area (Å²) < 4.78 is 36.3. The van der Waals surface area contributed by atoms with Crippen molar-refractivity contribution in [1.29, 1.82) is 0 Å². The second-order valence-corrected chi connectivity index (χ2v) is 2.74. The monoisotopic (exact) mass is 199 g/mol. The van der Waals surface area contributed by atoms with E-state index in [9.17, 15) is 18.0 Å². The molecule has 0 saturated carbocycles. The van der Waals surface area contributed by atoms with E-state index in [2.05, 4.69) is 0 Å². The standard InChI is InChI=1S/C6H12F3N3O/c1-5(11,6(7,8)9)4(13)12-3-2-10/h2-3,10-11H2,1H3,(H,12,13). The molecule has 0 aliphatic heterocycles. The van der Waals surface area contributed by atoms with Crippen molar-refractivity contribution in [3.05, 3.63) is 0 Å². The molecule has 0 fully saturated rings. The molecule has 0 bridgehead atoms. The Morgan fingerprint density at radius 2 is 1.92 bits per heavy atom. The van der Waals surface area contributed by atoms with Crippen molar-refractivity contribution in [2.75, 3.05) is 13.1 Å². The quantitative estimate of drug-likeness (QED) is 0.564. The van der Waals surface area contributed by atoms with E-state index in [1.165, 1.54) is 0 Å². The lowest BCUT2D eigenvalue weighted by Crippen LogP contribution is -2.61. The fourth-order valence-corrected chi connectivity index (χ4v) is 0.498. The Labute approximate surface area is 73.5 Å². The fourth-order valence-electron chi connectivity index (χ4n) is 0.498. The zero-order valence-corrected chi connectivity index (χ0v) is 7.11. The summed E-state index contributed by atoms with van der Waals surface area (Å²) in [6.07, 6.45) is -4.76. The van der Waals surface area contributed by atoms with Crippen molar-refractivity contribution in [1.82, 2.24) is 5.32 Å². The van der Waals surface area contributed by atoms with Gasteiger partial charge in [0.1, 0.15) is 0 Å². The van der Waals surface area contributed by atoms with Gasteiger partial charge in [-0.25, -0.2) is 0 Å². The second kappa shape index (κ2) is 3.93. The van der Waals surface area contributed by atoms with Gasteiger partial charge in [-0.2, -0.15) is 13.2 Å². The van der Waals surface area contributed by atoms with Crippen molar-refractivity contribution >= 4 is 5.91 Å². The first-order chi connectivity index (χ1) is 5.73. The minimum Gasteiger partial charge on any atom is -0.353 e. The Hall–Kier alpha value is -0.820. The third-order valence-electron chi connectivity index (χ3n) is 1.49. The van der Waals surface area contributed by atoms with Crippen LogP contribution in [-0.2, 0) is 4.79 Å². The second-order valence-electron chi connectivity index (χ2n) is 2.74. The Balaban J connectivity index is 4.37. The lowest BCUT2D eigenvalue weighted by molar-refractivity contribution is -0.187. The number of halogens is 3. The minimum absolute atomic E-state index is 0.0261. The molecular weight excluding hydrogens is 187 g/mol. The van der Waals surface area contributed by atoms with Gasteiger partial charge in [0.15, 0.2) is 5.54 Å². The van der Waals surface area contributed by atoms with Gasteiger partial charge in [0, 0.05) is 13.1 Å². The highest BCUT2D eigenvalue weighted by atomic mass is 19.4. The van der Waals surface area contributed by atoms with Crippen LogP contribution in [0.25, 0.3) is 0 Å². The molecule has 0 aromatic rings. The average molecular weight is 199 g/mol. The summed E-state index contributed by atoms with van der Waals surface area (Å²) in [5.74, 6) is -1.27. The molecule has 0 aliphatic carbocycles. The first-order valence-electron chi connectivity index (χ1n) is 3.57. The average Bonchev–Trinajstić information content (AvgIpc) is 1.97. The molecule has 0 rings (SSSR count). The van der Waals surface area contributed by atoms with Crippen molar-refractivity contribution in [3.8, 4) is 0 Å². The summed E-state index contributed by atoms with van der Waals surface area (Å²) in [5, 5.41) is 1.97. The SMILES string of the molecule is CC(N)(C(=O)NCCN)C(F)(F)F. The number of hydrogen-bond donors (Lipinski definition) is 3. The summed E-state index contributed by atoms with van der Waals surface area (Å²) in [6, 6.07) is 0. The summed E-state index contributed by atoms with van der Waals surface area (Å²) in [6.45, 7) is 0.653. The normalized spacial score (nSPS) is 16.5. The van der Waals surface area contributed by atoms with E-state index in [0.717, 1.165) is 0 Å². The summed E-state index contributed by atoms with van der Waals surface area (Å²) >= 11 is 0. The zero-order chi connectivity index (χ0) is 10.7. The van der Waals surface area contributed by atoms with E-state index >= 15 is 0 Å². The number of amides is 1. The maximum Gasteiger partial charge on any atom is 0.415 e. The molecule has 4 nitrogen and oxygen atoms in total. The Bertz CT molecular complexity index is 190. The molecular formula is C6H12F3N3O. The number of hydrogen-bond acceptors (Lipinski definition) is 3. The van der Waals surface area contributed by atoms with Gasteiger partial charge < -0.3 is 16.8 Å². The molecule has 1 unspecified atom stereocenters. The fraction of sp³-hybridized carbons (Fsp3) is 0.833. The van der Waals surface area contributed by atoms with Crippen LogP contribution in [-0.4, -0.2) is 30.7 Å². The van der Waals surface area contributed by atoms with Gasteiger partial charge in [0.2, 0.25) is 5.91 Å². The van der Waals surface area contributed by atoms with E-state index in [4.69, 9.17) is 11.5 Å². The molecule has 0 heterocycles. The van der Waals surface area contributed by atoms with Crippen molar-refractivity contribution in [3.63, 3.8) is 0 Å². The Kier molecular flexibility index (Phi) is 3.68. The zero-order valence-electron chi connectivity index (χ0n) is 7.11. The molecule has 78 valence electrons. The van der Waals surface area contributed by atoms with Crippen LogP contribution in [0.2, 0.25) is 0 Å². The predicted octanol–water partition coefficient (Wildman–Crippen LogP) is -0.659. The maximum atomic E-state index is 12.1. The largest absolute Gasteiger partial charge is 0.415 e. The van der Waals surface area contributed by atoms with Crippen molar-refractivity contribution < 1.29 is 18.0 Å². The highest BCUT2D eigenvalue weighted by Gasteiger charge is 2.53. The van der Waals surface area contributed by atoms with Crippen LogP contribution in [0, 0.1) is 0 Å². The number of carbonyl (C=O) groups excluding carboxylic acids is 1. The highest BCUT2D eigenvalue weighted by Crippen LogP contribution is 2.27. The molecule has 5 N–H and O–H groups in total. The molecule has 0 saturated heterocycles. The molecule has 0 aromatic heterocycles. The number of rotatable bonds is 3. The molecule has 0 radical (unpaired) electrons. The topological polar surface area (TPSA) is 81.1 Å². The number of alkyl halides is 3. The summed E-state index contributed by atoms with van der Waals surface area (Å²) in [7, 11) is 0. The van der Waals surface area contributed by atoms with Crippen molar-refractivity contribution in [2.24, 2.45) is 11.5 Å². The summed E-state index contributed by atoms with van der Waals surface area (Å²) in [5.41, 5.74) is 6.93. The Morgan fingerprint density at radius 3 is 2.23 bits per heavy atom. The molecule has 13 heavy (non-hydrogen) atoms. The van der Waals surface area contributed by atoms with Gasteiger partial charge in [-0.3, -0.25) is 4.79 Å². The lowest BCUT2D eigenvalue weighted by Gasteiger charge is -2.25. The van der Waals surface area contributed by atoms with E-state index in [0.29, 0.717) is 6.92 Å². The van der Waals surface area contributed by atoms with Crippen LogP contribution < -0.4 is 16.8 Å². The molecule has 0 aromatic carbocycles. The number of nitrogens with one attached hydrogen (secondary N) is 1. The highest BCUT2D eigenvalue weighted by molar-refractivity contribution is 5.86. The molecule has 0 spiro atoms. The predicted molar refractivity (Wildman–Crippen MR) is 40.7 cm³/mol. The third-order valence-corrected chi connectivity index (χ3v) is 1.49. The number of nitrogens with two attached hydrogens (primary N) is 2. The van der Waals surface area contributed by atoms with Crippen LogP contribution in [0.1, 0.15) is 6.92 Å². The van der Waals surface area contributed by atoms with Gasteiger partial charge in [-0.15, -0.1) is 0 Å².